The van der Waals surface area contributed by atoms with E-state index in [1.54, 1.807) is 18.6 Å². The zero-order chi connectivity index (χ0) is 13.9. The zero-order valence-corrected chi connectivity index (χ0v) is 11.9. The highest BCUT2D eigenvalue weighted by atomic mass is 16.2. The van der Waals surface area contributed by atoms with Crippen molar-refractivity contribution in [2.24, 2.45) is 5.92 Å². The van der Waals surface area contributed by atoms with Gasteiger partial charge >= 0.3 is 0 Å². The smallest absolute Gasteiger partial charge is 0.225 e. The fourth-order valence-electron chi connectivity index (χ4n) is 2.33. The van der Waals surface area contributed by atoms with Gasteiger partial charge in [0.15, 0.2) is 0 Å². The van der Waals surface area contributed by atoms with Crippen LogP contribution in [-0.2, 0) is 4.79 Å². The summed E-state index contributed by atoms with van der Waals surface area (Å²) >= 11 is 0. The van der Waals surface area contributed by atoms with Crippen molar-refractivity contribution in [1.29, 1.82) is 0 Å². The molecular weight excluding hydrogens is 240 g/mol. The van der Waals surface area contributed by atoms with Crippen molar-refractivity contribution in [3.63, 3.8) is 0 Å². The minimum Gasteiger partial charge on any atom is -0.355 e. The molecule has 1 atom stereocenters. The molecule has 0 radical (unpaired) electrons. The molecule has 5 heteroatoms. The first-order valence-corrected chi connectivity index (χ1v) is 6.79. The van der Waals surface area contributed by atoms with Gasteiger partial charge in [-0.2, -0.15) is 0 Å². The van der Waals surface area contributed by atoms with Gasteiger partial charge in [0.05, 0.1) is 12.1 Å². The Hall–Kier alpha value is -1.65. The van der Waals surface area contributed by atoms with Crippen LogP contribution in [0.2, 0.25) is 0 Å². The van der Waals surface area contributed by atoms with E-state index in [4.69, 9.17) is 0 Å². The molecule has 1 aromatic rings. The average molecular weight is 262 g/mol. The molecule has 0 aliphatic carbocycles. The van der Waals surface area contributed by atoms with Crippen molar-refractivity contribution >= 4 is 11.7 Å². The van der Waals surface area contributed by atoms with E-state index in [2.05, 4.69) is 20.2 Å². The first-order valence-electron chi connectivity index (χ1n) is 6.79. The lowest BCUT2D eigenvalue weighted by atomic mass is 9.95. The molecule has 1 N–H and O–H groups in total. The third-order valence-electron chi connectivity index (χ3n) is 3.16. The maximum absolute atomic E-state index is 12.2. The topological polar surface area (TPSA) is 58.1 Å². The van der Waals surface area contributed by atoms with Crippen molar-refractivity contribution < 1.29 is 4.79 Å². The summed E-state index contributed by atoms with van der Waals surface area (Å²) < 4.78 is 0. The highest BCUT2D eigenvalue weighted by Crippen LogP contribution is 2.21. The van der Waals surface area contributed by atoms with E-state index < -0.39 is 0 Å². The average Bonchev–Trinajstić information content (AvgIpc) is 2.38. The maximum Gasteiger partial charge on any atom is 0.225 e. The summed E-state index contributed by atoms with van der Waals surface area (Å²) in [6.07, 6.45) is 7.06. The fraction of sp³-hybridized carbons (Fsp3) is 0.643. The molecule has 0 unspecified atom stereocenters. The minimum atomic E-state index is -0.175. The Morgan fingerprint density at radius 1 is 1.42 bits per heavy atom. The number of nitrogens with zero attached hydrogens (tertiary/aromatic N) is 3. The summed E-state index contributed by atoms with van der Waals surface area (Å²) in [5, 5.41) is 3.06. The predicted octanol–water partition coefficient (Wildman–Crippen LogP) is 1.61. The molecule has 1 aliphatic heterocycles. The van der Waals surface area contributed by atoms with E-state index in [0.29, 0.717) is 0 Å². The molecule has 1 fully saturated rings. The van der Waals surface area contributed by atoms with Gasteiger partial charge in [-0.1, -0.05) is 0 Å². The number of amides is 1. The van der Waals surface area contributed by atoms with Gasteiger partial charge in [-0.3, -0.25) is 9.78 Å². The second-order valence-corrected chi connectivity index (χ2v) is 6.09. The van der Waals surface area contributed by atoms with Crippen LogP contribution < -0.4 is 10.2 Å². The zero-order valence-electron chi connectivity index (χ0n) is 11.9. The number of carbonyl (C=O) groups is 1. The highest BCUT2D eigenvalue weighted by Gasteiger charge is 2.28. The Morgan fingerprint density at radius 2 is 2.21 bits per heavy atom. The second kappa shape index (κ2) is 5.55. The van der Waals surface area contributed by atoms with Gasteiger partial charge in [0, 0.05) is 31.0 Å². The third kappa shape index (κ3) is 3.91. The van der Waals surface area contributed by atoms with Crippen LogP contribution in [0.1, 0.15) is 33.6 Å². The number of hydrogen-bond donors (Lipinski definition) is 1. The SMILES string of the molecule is CC(C)(C)NC(=O)[C@H]1CCCN(c2cnccn2)C1. The van der Waals surface area contributed by atoms with Crippen LogP contribution in [0.15, 0.2) is 18.6 Å². The van der Waals surface area contributed by atoms with Gasteiger partial charge in [-0.15, -0.1) is 0 Å². The predicted molar refractivity (Wildman–Crippen MR) is 74.9 cm³/mol. The Morgan fingerprint density at radius 3 is 2.84 bits per heavy atom. The van der Waals surface area contributed by atoms with Crippen LogP contribution in [0.3, 0.4) is 0 Å². The number of anilines is 1. The normalized spacial score (nSPS) is 20.2. The van der Waals surface area contributed by atoms with Crippen molar-refractivity contribution in [2.75, 3.05) is 18.0 Å². The molecule has 0 aromatic carbocycles. The Kier molecular flexibility index (Phi) is 4.02. The van der Waals surface area contributed by atoms with E-state index >= 15 is 0 Å². The van der Waals surface area contributed by atoms with E-state index in [0.717, 1.165) is 31.7 Å². The number of piperidine rings is 1. The molecule has 19 heavy (non-hydrogen) atoms. The van der Waals surface area contributed by atoms with Crippen LogP contribution in [-0.4, -0.2) is 34.5 Å². The molecule has 0 saturated carbocycles. The number of aromatic nitrogens is 2. The second-order valence-electron chi connectivity index (χ2n) is 6.09. The summed E-state index contributed by atoms with van der Waals surface area (Å²) in [5.41, 5.74) is -0.175. The summed E-state index contributed by atoms with van der Waals surface area (Å²) in [5.74, 6) is 1.03. The number of hydrogen-bond acceptors (Lipinski definition) is 4. The van der Waals surface area contributed by atoms with E-state index in [-0.39, 0.29) is 17.4 Å². The van der Waals surface area contributed by atoms with Crippen molar-refractivity contribution in [3.05, 3.63) is 18.6 Å². The summed E-state index contributed by atoms with van der Waals surface area (Å²) in [4.78, 5) is 22.7. The molecule has 1 amide bonds. The lowest BCUT2D eigenvalue weighted by Crippen LogP contribution is -2.48. The lowest BCUT2D eigenvalue weighted by molar-refractivity contribution is -0.126. The molecule has 1 aliphatic rings. The molecular formula is C14H22N4O. The Bertz CT molecular complexity index is 427. The van der Waals surface area contributed by atoms with Gasteiger partial charge in [0.1, 0.15) is 5.82 Å². The van der Waals surface area contributed by atoms with E-state index in [1.807, 2.05) is 20.8 Å². The minimum absolute atomic E-state index is 0.0370. The van der Waals surface area contributed by atoms with Crippen LogP contribution in [0.5, 0.6) is 0 Å². The maximum atomic E-state index is 12.2. The molecule has 1 saturated heterocycles. The lowest BCUT2D eigenvalue weighted by Gasteiger charge is -2.34. The molecule has 104 valence electrons. The monoisotopic (exact) mass is 262 g/mol. The summed E-state index contributed by atoms with van der Waals surface area (Å²) in [6, 6.07) is 0. The van der Waals surface area contributed by atoms with Crippen LogP contribution >= 0.6 is 0 Å². The van der Waals surface area contributed by atoms with Gasteiger partial charge in [-0.05, 0) is 33.6 Å². The largest absolute Gasteiger partial charge is 0.355 e. The van der Waals surface area contributed by atoms with Gasteiger partial charge in [0.2, 0.25) is 5.91 Å². The first kappa shape index (κ1) is 13.8. The van der Waals surface area contributed by atoms with E-state index in [1.165, 1.54) is 0 Å². The molecule has 1 aromatic heterocycles. The summed E-state index contributed by atoms with van der Waals surface area (Å²) in [6.45, 7) is 7.69. The number of rotatable bonds is 2. The fourth-order valence-corrected chi connectivity index (χ4v) is 2.33. The molecule has 0 spiro atoms. The Balaban J connectivity index is 2.00. The van der Waals surface area contributed by atoms with Crippen LogP contribution in [0, 0.1) is 5.92 Å². The summed E-state index contributed by atoms with van der Waals surface area (Å²) in [7, 11) is 0. The van der Waals surface area contributed by atoms with Crippen molar-refractivity contribution in [1.82, 2.24) is 15.3 Å². The highest BCUT2D eigenvalue weighted by molar-refractivity contribution is 5.80. The van der Waals surface area contributed by atoms with Gasteiger partial charge < -0.3 is 10.2 Å². The van der Waals surface area contributed by atoms with Crippen LogP contribution in [0.4, 0.5) is 5.82 Å². The molecule has 2 rings (SSSR count). The molecule has 5 nitrogen and oxygen atoms in total. The van der Waals surface area contributed by atoms with Gasteiger partial charge in [0.25, 0.3) is 0 Å². The van der Waals surface area contributed by atoms with Gasteiger partial charge in [-0.25, -0.2) is 4.98 Å². The molecule has 2 heterocycles. The number of nitrogens with one attached hydrogen (secondary N) is 1. The number of carbonyl (C=O) groups excluding carboxylic acids is 1. The quantitative estimate of drug-likeness (QED) is 0.879. The first-order chi connectivity index (χ1) is 8.96. The Labute approximate surface area is 114 Å². The van der Waals surface area contributed by atoms with Crippen LogP contribution in [0.25, 0.3) is 0 Å². The van der Waals surface area contributed by atoms with E-state index in [9.17, 15) is 4.79 Å². The molecule has 0 bridgehead atoms. The van der Waals surface area contributed by atoms with Crippen molar-refractivity contribution in [2.45, 2.75) is 39.2 Å². The van der Waals surface area contributed by atoms with Crippen molar-refractivity contribution in [3.8, 4) is 0 Å². The standard InChI is InChI=1S/C14H22N4O/c1-14(2,3)17-13(19)11-5-4-8-18(10-11)12-9-15-6-7-16-12/h6-7,9,11H,4-5,8,10H2,1-3H3,(H,17,19)/t11-/m0/s1. The third-order valence-corrected chi connectivity index (χ3v) is 3.16.